The van der Waals surface area contributed by atoms with Crippen molar-refractivity contribution >= 4 is 23.1 Å². The Morgan fingerprint density at radius 1 is 1.28 bits per heavy atom. The quantitative estimate of drug-likeness (QED) is 0.584. The molecule has 1 heterocycles. The fraction of sp³-hybridized carbons (Fsp3) is 0.300. The van der Waals surface area contributed by atoms with Gasteiger partial charge in [-0.15, -0.1) is 0 Å². The number of nitrogens with zero attached hydrogens (tertiary/aromatic N) is 1. The third-order valence-corrected chi connectivity index (χ3v) is 5.07. The summed E-state index contributed by atoms with van der Waals surface area (Å²) in [7, 11) is 0. The van der Waals surface area contributed by atoms with E-state index in [9.17, 15) is 18.0 Å². The van der Waals surface area contributed by atoms with Crippen molar-refractivity contribution in [2.24, 2.45) is 11.7 Å². The number of benzene rings is 2. The van der Waals surface area contributed by atoms with Crippen LogP contribution in [0.2, 0.25) is 0 Å². The van der Waals surface area contributed by atoms with Crippen molar-refractivity contribution in [3.8, 4) is 5.75 Å². The maximum atomic E-state index is 14.3. The first-order valence-corrected chi connectivity index (χ1v) is 9.41. The van der Waals surface area contributed by atoms with Gasteiger partial charge in [0.25, 0.3) is 0 Å². The molecule has 2 atom stereocenters. The average Bonchev–Trinajstić information content (AvgIpc) is 2.68. The normalized spacial score (nSPS) is 17.8. The molecule has 1 aliphatic heterocycles. The second-order valence-corrected chi connectivity index (χ2v) is 7.11. The first-order chi connectivity index (χ1) is 13.8. The zero-order valence-corrected chi connectivity index (χ0v) is 16.4. The Morgan fingerprint density at radius 2 is 2.03 bits per heavy atom. The third kappa shape index (κ3) is 4.35. The summed E-state index contributed by atoms with van der Waals surface area (Å²) >= 11 is 5.22. The van der Waals surface area contributed by atoms with Crippen LogP contribution in [0.3, 0.4) is 0 Å². The summed E-state index contributed by atoms with van der Waals surface area (Å²) in [5.74, 6) is -2.61. The number of nitrogens with one attached hydrogen (secondary N) is 1. The van der Waals surface area contributed by atoms with Gasteiger partial charge in [-0.25, -0.2) is 18.2 Å². The maximum absolute atomic E-state index is 14.3. The van der Waals surface area contributed by atoms with Gasteiger partial charge in [0.05, 0.1) is 12.6 Å². The van der Waals surface area contributed by atoms with E-state index >= 15 is 0 Å². The summed E-state index contributed by atoms with van der Waals surface area (Å²) in [4.78, 5) is 12.3. The predicted octanol–water partition coefficient (Wildman–Crippen LogP) is 3.23. The summed E-state index contributed by atoms with van der Waals surface area (Å²) in [6.07, 6.45) is 0.493. The van der Waals surface area contributed by atoms with Crippen LogP contribution in [-0.4, -0.2) is 29.1 Å². The lowest BCUT2D eigenvalue weighted by Crippen LogP contribution is -2.51. The van der Waals surface area contributed by atoms with Gasteiger partial charge in [-0.2, -0.15) is 0 Å². The number of nitrogens with two attached hydrogens (primary N) is 1. The number of rotatable bonds is 4. The highest BCUT2D eigenvalue weighted by atomic mass is 32.1. The lowest BCUT2D eigenvalue weighted by molar-refractivity contribution is -0.136. The highest BCUT2D eigenvalue weighted by molar-refractivity contribution is 7.80. The molecular formula is C20H20F3N3O2S. The second-order valence-electron chi connectivity index (χ2n) is 6.71. The summed E-state index contributed by atoms with van der Waals surface area (Å²) in [5.41, 5.74) is 8.67. The van der Waals surface area contributed by atoms with E-state index in [2.05, 4.69) is 5.43 Å². The van der Waals surface area contributed by atoms with Crippen molar-refractivity contribution in [1.29, 1.82) is 0 Å². The molecule has 2 unspecified atom stereocenters. The molecule has 0 aliphatic carbocycles. The number of hydrazine groups is 1. The number of ether oxygens (including phenoxy) is 1. The molecule has 2 aromatic rings. The van der Waals surface area contributed by atoms with E-state index in [-0.39, 0.29) is 28.8 Å². The first kappa shape index (κ1) is 21.1. The highest BCUT2D eigenvalue weighted by Crippen LogP contribution is 2.41. The highest BCUT2D eigenvalue weighted by Gasteiger charge is 2.38. The number of para-hydroxylation sites is 1. The molecule has 0 bridgehead atoms. The molecule has 5 nitrogen and oxygen atoms in total. The van der Waals surface area contributed by atoms with Crippen LogP contribution in [0.5, 0.6) is 5.75 Å². The molecule has 0 saturated carbocycles. The Morgan fingerprint density at radius 3 is 2.72 bits per heavy atom. The van der Waals surface area contributed by atoms with E-state index in [1.807, 2.05) is 0 Å². The number of carbonyl (C=O) groups is 1. The maximum Gasteiger partial charge on any atom is 0.238 e. The van der Waals surface area contributed by atoms with Gasteiger partial charge in [-0.05, 0) is 37.2 Å². The van der Waals surface area contributed by atoms with Crippen molar-refractivity contribution in [3.63, 3.8) is 0 Å². The molecular weight excluding hydrogens is 403 g/mol. The molecule has 154 valence electrons. The first-order valence-electron chi connectivity index (χ1n) is 9.00. The summed E-state index contributed by atoms with van der Waals surface area (Å²) < 4.78 is 47.5. The van der Waals surface area contributed by atoms with E-state index in [0.29, 0.717) is 18.5 Å². The van der Waals surface area contributed by atoms with Gasteiger partial charge < -0.3 is 10.5 Å². The minimum Gasteiger partial charge on any atom is -0.490 e. The average molecular weight is 423 g/mol. The smallest absolute Gasteiger partial charge is 0.238 e. The molecule has 0 saturated heterocycles. The van der Waals surface area contributed by atoms with Gasteiger partial charge in [0.15, 0.2) is 11.6 Å². The molecule has 9 heteroatoms. The van der Waals surface area contributed by atoms with Crippen LogP contribution in [-0.2, 0) is 4.79 Å². The van der Waals surface area contributed by atoms with Crippen LogP contribution in [0.4, 0.5) is 13.2 Å². The fourth-order valence-corrected chi connectivity index (χ4v) is 3.69. The van der Waals surface area contributed by atoms with Crippen molar-refractivity contribution in [2.75, 3.05) is 13.2 Å². The van der Waals surface area contributed by atoms with Crippen LogP contribution < -0.4 is 15.9 Å². The van der Waals surface area contributed by atoms with Crippen LogP contribution in [0.15, 0.2) is 36.4 Å². The van der Waals surface area contributed by atoms with E-state index in [0.717, 1.165) is 18.2 Å². The monoisotopic (exact) mass is 423 g/mol. The van der Waals surface area contributed by atoms with Crippen LogP contribution >= 0.6 is 12.2 Å². The van der Waals surface area contributed by atoms with Gasteiger partial charge in [-0.1, -0.05) is 24.4 Å². The van der Waals surface area contributed by atoms with Gasteiger partial charge in [0, 0.05) is 24.0 Å². The topological polar surface area (TPSA) is 67.6 Å². The van der Waals surface area contributed by atoms with E-state index in [1.165, 1.54) is 24.1 Å². The Balaban J connectivity index is 2.00. The van der Waals surface area contributed by atoms with Gasteiger partial charge in [0.1, 0.15) is 16.6 Å². The van der Waals surface area contributed by atoms with Crippen molar-refractivity contribution in [1.82, 2.24) is 10.4 Å². The standard InChI is InChI=1S/C20H20F3N3O2S/c1-11(27)26(25-20(29)15-9-13(21)5-6-16(15)22)18-12(7-8-24)10-28-19-14(18)3-2-4-17(19)23/h2-6,9,12,18H,7-8,10,24H2,1H3,(H,25,29). The van der Waals surface area contributed by atoms with E-state index < -0.39 is 29.4 Å². The number of hydrogen-bond acceptors (Lipinski definition) is 4. The lowest BCUT2D eigenvalue weighted by atomic mass is 9.87. The van der Waals surface area contributed by atoms with Gasteiger partial charge in [0.2, 0.25) is 5.91 Å². The molecule has 0 radical (unpaired) electrons. The van der Waals surface area contributed by atoms with Crippen molar-refractivity contribution in [3.05, 3.63) is 65.0 Å². The Bertz CT molecular complexity index is 941. The minimum absolute atomic E-state index is 0.0432. The van der Waals surface area contributed by atoms with Gasteiger partial charge in [-0.3, -0.25) is 10.2 Å². The van der Waals surface area contributed by atoms with Crippen molar-refractivity contribution in [2.45, 2.75) is 19.4 Å². The molecule has 0 fully saturated rings. The lowest BCUT2D eigenvalue weighted by Gasteiger charge is -2.40. The summed E-state index contributed by atoms with van der Waals surface area (Å²) in [6.45, 7) is 1.76. The van der Waals surface area contributed by atoms with Gasteiger partial charge >= 0.3 is 0 Å². The van der Waals surface area contributed by atoms with Crippen LogP contribution in [0, 0.1) is 23.4 Å². The molecule has 29 heavy (non-hydrogen) atoms. The van der Waals surface area contributed by atoms with E-state index in [1.54, 1.807) is 6.07 Å². The fourth-order valence-electron chi connectivity index (χ4n) is 3.44. The third-order valence-electron chi connectivity index (χ3n) is 4.75. The summed E-state index contributed by atoms with van der Waals surface area (Å²) in [5, 5.41) is 1.20. The minimum atomic E-state index is -0.732. The Hall–Kier alpha value is -2.65. The molecule has 2 aromatic carbocycles. The predicted molar refractivity (Wildman–Crippen MR) is 106 cm³/mol. The number of hydrogen-bond donors (Lipinski definition) is 2. The molecule has 3 N–H and O–H groups in total. The molecule has 3 rings (SSSR count). The molecule has 0 aromatic heterocycles. The molecule has 1 amide bonds. The van der Waals surface area contributed by atoms with Crippen LogP contribution in [0.25, 0.3) is 0 Å². The molecule has 1 aliphatic rings. The Kier molecular flexibility index (Phi) is 6.39. The number of fused-ring (bicyclic) bond motifs is 1. The Labute approximate surface area is 171 Å². The zero-order chi connectivity index (χ0) is 21.1. The van der Waals surface area contributed by atoms with Crippen molar-refractivity contribution < 1.29 is 22.7 Å². The number of halogens is 3. The van der Waals surface area contributed by atoms with Crippen LogP contribution in [0.1, 0.15) is 30.5 Å². The second kappa shape index (κ2) is 8.79. The summed E-state index contributed by atoms with van der Waals surface area (Å²) in [6, 6.07) is 6.62. The number of amides is 1. The molecule has 0 spiro atoms. The van der Waals surface area contributed by atoms with E-state index in [4.69, 9.17) is 22.7 Å². The number of carbonyl (C=O) groups excluding carboxylic acids is 1. The zero-order valence-electron chi connectivity index (χ0n) is 15.6. The SMILES string of the molecule is CC(=O)N(NC(=S)c1cc(F)ccc1F)C1c2cccc(F)c2OCC1CCN. The largest absolute Gasteiger partial charge is 0.490 e. The number of thiocarbonyl (C=S) groups is 1.